The smallest absolute Gasteiger partial charge is 0.191 e. The summed E-state index contributed by atoms with van der Waals surface area (Å²) in [4.78, 5) is 7.01. The maximum absolute atomic E-state index is 5.18. The maximum atomic E-state index is 5.18. The summed E-state index contributed by atoms with van der Waals surface area (Å²) in [5, 5.41) is 6.71. The zero-order chi connectivity index (χ0) is 17.8. The van der Waals surface area contributed by atoms with Crippen LogP contribution in [-0.2, 0) is 6.42 Å². The summed E-state index contributed by atoms with van der Waals surface area (Å²) in [7, 11) is 3.85. The molecule has 1 aromatic carbocycles. The van der Waals surface area contributed by atoms with E-state index in [4.69, 9.17) is 4.74 Å². The highest BCUT2D eigenvalue weighted by atomic mass is 127. The minimum absolute atomic E-state index is 0. The van der Waals surface area contributed by atoms with Crippen LogP contribution in [0.15, 0.2) is 29.3 Å². The number of benzene rings is 1. The lowest BCUT2D eigenvalue weighted by atomic mass is 10.1. The van der Waals surface area contributed by atoms with Crippen molar-refractivity contribution in [3.8, 4) is 5.75 Å². The fourth-order valence-electron chi connectivity index (χ4n) is 2.31. The third kappa shape index (κ3) is 9.89. The van der Waals surface area contributed by atoms with Crippen LogP contribution in [0.25, 0.3) is 0 Å². The number of hydrogen-bond acceptors (Lipinski definition) is 3. The molecule has 25 heavy (non-hydrogen) atoms. The summed E-state index contributed by atoms with van der Waals surface area (Å²) >= 11 is 0. The molecule has 0 saturated carbocycles. The molecule has 0 amide bonds. The van der Waals surface area contributed by atoms with E-state index in [2.05, 4.69) is 60.5 Å². The molecule has 1 unspecified atom stereocenters. The molecular weight excluding hydrogens is 427 g/mol. The van der Waals surface area contributed by atoms with E-state index in [1.807, 2.05) is 12.1 Å². The molecule has 1 aromatic rings. The molecule has 0 aliphatic heterocycles. The highest BCUT2D eigenvalue weighted by Gasteiger charge is 2.05. The second-order valence-corrected chi connectivity index (χ2v) is 6.02. The van der Waals surface area contributed by atoms with Crippen LogP contribution >= 0.6 is 24.0 Å². The lowest BCUT2D eigenvalue weighted by Crippen LogP contribution is -2.39. The quantitative estimate of drug-likeness (QED) is 0.319. The van der Waals surface area contributed by atoms with E-state index in [1.165, 1.54) is 12.0 Å². The molecule has 0 aromatic heterocycles. The Labute approximate surface area is 170 Å². The van der Waals surface area contributed by atoms with Gasteiger partial charge >= 0.3 is 0 Å². The van der Waals surface area contributed by atoms with Gasteiger partial charge in [-0.25, -0.2) is 0 Å². The summed E-state index contributed by atoms with van der Waals surface area (Å²) in [5.74, 6) is 1.79. The molecule has 0 spiro atoms. The molecule has 1 rings (SSSR count). The van der Waals surface area contributed by atoms with Crippen LogP contribution < -0.4 is 15.4 Å². The van der Waals surface area contributed by atoms with Gasteiger partial charge in [-0.2, -0.15) is 0 Å². The number of methoxy groups -OCH3 is 1. The normalized spacial score (nSPS) is 12.5. The fourth-order valence-corrected chi connectivity index (χ4v) is 2.31. The minimum Gasteiger partial charge on any atom is -0.497 e. The predicted molar refractivity (Wildman–Crippen MR) is 118 cm³/mol. The first-order valence-electron chi connectivity index (χ1n) is 8.96. The van der Waals surface area contributed by atoms with Crippen molar-refractivity contribution in [2.24, 2.45) is 4.99 Å². The lowest BCUT2D eigenvalue weighted by Gasteiger charge is -2.22. The minimum atomic E-state index is 0. The summed E-state index contributed by atoms with van der Waals surface area (Å²) in [5.41, 5.74) is 1.29. The Balaban J connectivity index is 0.00000576. The largest absolute Gasteiger partial charge is 0.497 e. The molecule has 5 nitrogen and oxygen atoms in total. The highest BCUT2D eigenvalue weighted by Crippen LogP contribution is 2.11. The van der Waals surface area contributed by atoms with Gasteiger partial charge in [-0.3, -0.25) is 4.99 Å². The second kappa shape index (κ2) is 14.2. The molecule has 0 aliphatic rings. The summed E-state index contributed by atoms with van der Waals surface area (Å²) in [6.45, 7) is 10.1. The SMILES string of the molecule is CCNC(=NCCN(C)C(C)CC)NCCc1ccc(OC)cc1.I. The van der Waals surface area contributed by atoms with E-state index in [9.17, 15) is 0 Å². The topological polar surface area (TPSA) is 48.9 Å². The summed E-state index contributed by atoms with van der Waals surface area (Å²) in [6.07, 6.45) is 2.13. The van der Waals surface area contributed by atoms with Crippen LogP contribution in [0.2, 0.25) is 0 Å². The summed E-state index contributed by atoms with van der Waals surface area (Å²) in [6, 6.07) is 8.81. The second-order valence-electron chi connectivity index (χ2n) is 6.02. The van der Waals surface area contributed by atoms with Crippen molar-refractivity contribution in [2.45, 2.75) is 39.7 Å². The first-order chi connectivity index (χ1) is 11.6. The van der Waals surface area contributed by atoms with Crippen molar-refractivity contribution in [3.05, 3.63) is 29.8 Å². The van der Waals surface area contributed by atoms with Crippen molar-refractivity contribution < 1.29 is 4.74 Å². The van der Waals surface area contributed by atoms with E-state index in [1.54, 1.807) is 7.11 Å². The van der Waals surface area contributed by atoms with Crippen molar-refractivity contribution in [1.29, 1.82) is 0 Å². The standard InChI is InChI=1S/C19H34N4O.HI/c1-6-16(3)23(4)15-14-22-19(20-7-2)21-13-12-17-8-10-18(24-5)11-9-17;/h8-11,16H,6-7,12-15H2,1-5H3,(H2,20,21,22);1H. The van der Waals surface area contributed by atoms with Crippen molar-refractivity contribution in [2.75, 3.05) is 40.3 Å². The van der Waals surface area contributed by atoms with Crippen LogP contribution in [0.3, 0.4) is 0 Å². The third-order valence-electron chi connectivity index (χ3n) is 4.28. The Morgan fingerprint density at radius 3 is 2.44 bits per heavy atom. The number of aliphatic imine (C=N–C) groups is 1. The third-order valence-corrected chi connectivity index (χ3v) is 4.28. The number of hydrogen-bond donors (Lipinski definition) is 2. The van der Waals surface area contributed by atoms with Gasteiger partial charge in [0, 0.05) is 25.7 Å². The van der Waals surface area contributed by atoms with Gasteiger partial charge in [0.1, 0.15) is 5.75 Å². The average Bonchev–Trinajstić information content (AvgIpc) is 2.61. The zero-order valence-corrected chi connectivity index (χ0v) is 18.7. The van der Waals surface area contributed by atoms with Gasteiger partial charge in [0.15, 0.2) is 5.96 Å². The van der Waals surface area contributed by atoms with Crippen molar-refractivity contribution in [1.82, 2.24) is 15.5 Å². The molecule has 144 valence electrons. The van der Waals surface area contributed by atoms with Gasteiger partial charge in [-0.05, 0) is 51.4 Å². The molecule has 0 aliphatic carbocycles. The first-order valence-corrected chi connectivity index (χ1v) is 8.96. The highest BCUT2D eigenvalue weighted by molar-refractivity contribution is 14.0. The Bertz CT molecular complexity index is 479. The van der Waals surface area contributed by atoms with E-state index >= 15 is 0 Å². The monoisotopic (exact) mass is 462 g/mol. The number of guanidine groups is 1. The number of ether oxygens (including phenoxy) is 1. The Morgan fingerprint density at radius 1 is 1.20 bits per heavy atom. The number of likely N-dealkylation sites (N-methyl/N-ethyl adjacent to an activating group) is 1. The molecule has 0 heterocycles. The van der Waals surface area contributed by atoms with Gasteiger partial charge in [0.2, 0.25) is 0 Å². The Kier molecular flexibility index (Phi) is 13.6. The van der Waals surface area contributed by atoms with E-state index in [0.717, 1.165) is 44.3 Å². The van der Waals surface area contributed by atoms with Crippen LogP contribution in [0.1, 0.15) is 32.8 Å². The molecule has 2 N–H and O–H groups in total. The van der Waals surface area contributed by atoms with Gasteiger partial charge in [0.25, 0.3) is 0 Å². The van der Waals surface area contributed by atoms with Crippen LogP contribution in [-0.4, -0.2) is 57.2 Å². The molecule has 0 bridgehead atoms. The van der Waals surface area contributed by atoms with Gasteiger partial charge in [-0.1, -0.05) is 19.1 Å². The van der Waals surface area contributed by atoms with Gasteiger partial charge in [-0.15, -0.1) is 24.0 Å². The number of nitrogens with zero attached hydrogens (tertiary/aromatic N) is 2. The average molecular weight is 462 g/mol. The molecule has 1 atom stereocenters. The lowest BCUT2D eigenvalue weighted by molar-refractivity contribution is 0.259. The Morgan fingerprint density at radius 2 is 1.88 bits per heavy atom. The maximum Gasteiger partial charge on any atom is 0.191 e. The molecular formula is C19H35IN4O. The number of nitrogens with one attached hydrogen (secondary N) is 2. The predicted octanol–water partition coefficient (Wildman–Crippen LogP) is 3.14. The van der Waals surface area contributed by atoms with Gasteiger partial charge < -0.3 is 20.3 Å². The summed E-state index contributed by atoms with van der Waals surface area (Å²) < 4.78 is 5.18. The van der Waals surface area contributed by atoms with Crippen LogP contribution in [0.5, 0.6) is 5.75 Å². The Hall–Kier alpha value is -1.02. The van der Waals surface area contributed by atoms with Gasteiger partial charge in [0.05, 0.1) is 13.7 Å². The van der Waals surface area contributed by atoms with Crippen molar-refractivity contribution >= 4 is 29.9 Å². The van der Waals surface area contributed by atoms with Crippen LogP contribution in [0.4, 0.5) is 0 Å². The van der Waals surface area contributed by atoms with E-state index in [0.29, 0.717) is 6.04 Å². The van der Waals surface area contributed by atoms with E-state index in [-0.39, 0.29) is 24.0 Å². The van der Waals surface area contributed by atoms with Crippen molar-refractivity contribution in [3.63, 3.8) is 0 Å². The van der Waals surface area contributed by atoms with E-state index < -0.39 is 0 Å². The fraction of sp³-hybridized carbons (Fsp3) is 0.632. The van der Waals surface area contributed by atoms with Crippen LogP contribution in [0, 0.1) is 0 Å². The molecule has 6 heteroatoms. The zero-order valence-electron chi connectivity index (χ0n) is 16.3. The molecule has 0 saturated heterocycles. The molecule has 0 radical (unpaired) electrons. The number of halogens is 1. The first kappa shape index (κ1) is 24.0. The molecule has 0 fully saturated rings. The number of rotatable bonds is 10.